The lowest BCUT2D eigenvalue weighted by Gasteiger charge is -2.25. The standard InChI is InChI=1S/C25H30N2O4S/c1-4-26(5-2)11-7-12-27-22(20-8-6-13-32-20)21(24(29)25(27)30)23(28)17-9-10-19-18(15-17)14-16(3)31-19/h6,8-10,13,15-16,22,28H,4-5,7,11-12,14H2,1-3H3/b23-21+/t16-,22+/m0/s1. The first-order valence-electron chi connectivity index (χ1n) is 11.3. The number of benzene rings is 1. The highest BCUT2D eigenvalue weighted by molar-refractivity contribution is 7.10. The van der Waals surface area contributed by atoms with Gasteiger partial charge in [-0.3, -0.25) is 9.59 Å². The van der Waals surface area contributed by atoms with Crippen molar-refractivity contribution in [2.75, 3.05) is 26.2 Å². The molecule has 0 unspecified atom stereocenters. The van der Waals surface area contributed by atoms with Crippen molar-refractivity contribution in [3.63, 3.8) is 0 Å². The van der Waals surface area contributed by atoms with Crippen molar-refractivity contribution >= 4 is 28.8 Å². The van der Waals surface area contributed by atoms with Crippen LogP contribution in [0.3, 0.4) is 0 Å². The molecule has 1 N–H and O–H groups in total. The van der Waals surface area contributed by atoms with Crippen molar-refractivity contribution in [2.24, 2.45) is 0 Å². The van der Waals surface area contributed by atoms with E-state index in [2.05, 4.69) is 18.7 Å². The van der Waals surface area contributed by atoms with Crippen molar-refractivity contribution in [3.8, 4) is 5.75 Å². The minimum absolute atomic E-state index is 0.0879. The number of nitrogens with zero attached hydrogens (tertiary/aromatic N) is 2. The second kappa shape index (κ2) is 9.46. The number of amides is 1. The van der Waals surface area contributed by atoms with Gasteiger partial charge in [0.05, 0.1) is 11.6 Å². The summed E-state index contributed by atoms with van der Waals surface area (Å²) in [5.41, 5.74) is 1.72. The van der Waals surface area contributed by atoms with E-state index in [0.717, 1.165) is 48.7 Å². The molecule has 1 amide bonds. The number of hydrogen-bond donors (Lipinski definition) is 1. The Morgan fingerprint density at radius 2 is 2.03 bits per heavy atom. The Kier molecular flexibility index (Phi) is 6.67. The maximum absolute atomic E-state index is 13.1. The summed E-state index contributed by atoms with van der Waals surface area (Å²) >= 11 is 1.49. The number of ether oxygens (including phenoxy) is 1. The SMILES string of the molecule is CCN(CC)CCCN1C(=O)C(=O)/C(=C(/O)c2ccc3c(c2)C[C@H](C)O3)[C@H]1c1cccs1. The van der Waals surface area contributed by atoms with Crippen LogP contribution in [0.25, 0.3) is 5.76 Å². The maximum atomic E-state index is 13.1. The maximum Gasteiger partial charge on any atom is 0.295 e. The van der Waals surface area contributed by atoms with Gasteiger partial charge in [0, 0.05) is 23.4 Å². The zero-order valence-electron chi connectivity index (χ0n) is 18.8. The molecule has 2 aliphatic heterocycles. The van der Waals surface area contributed by atoms with Crippen LogP contribution in [0, 0.1) is 0 Å². The third-order valence-electron chi connectivity index (χ3n) is 6.29. The van der Waals surface area contributed by atoms with Gasteiger partial charge in [0.2, 0.25) is 0 Å². The summed E-state index contributed by atoms with van der Waals surface area (Å²) in [4.78, 5) is 30.9. The van der Waals surface area contributed by atoms with Gasteiger partial charge in [-0.05, 0) is 68.2 Å². The van der Waals surface area contributed by atoms with Crippen LogP contribution in [0.2, 0.25) is 0 Å². The lowest BCUT2D eigenvalue weighted by Crippen LogP contribution is -2.33. The molecule has 1 aromatic heterocycles. The largest absolute Gasteiger partial charge is 0.507 e. The number of ketones is 1. The van der Waals surface area contributed by atoms with E-state index in [9.17, 15) is 14.7 Å². The molecule has 4 rings (SSSR count). The molecule has 2 aromatic rings. The fourth-order valence-electron chi connectivity index (χ4n) is 4.58. The topological polar surface area (TPSA) is 70.1 Å². The van der Waals surface area contributed by atoms with Crippen LogP contribution in [-0.4, -0.2) is 58.9 Å². The van der Waals surface area contributed by atoms with E-state index < -0.39 is 17.7 Å². The van der Waals surface area contributed by atoms with E-state index in [1.807, 2.05) is 36.6 Å². The number of Topliss-reactive ketones (excluding diaryl/α,β-unsaturated/α-hetero) is 1. The highest BCUT2D eigenvalue weighted by atomic mass is 32.1. The van der Waals surface area contributed by atoms with Crippen LogP contribution in [0.15, 0.2) is 41.3 Å². The molecule has 32 heavy (non-hydrogen) atoms. The number of hydrogen-bond acceptors (Lipinski definition) is 6. The highest BCUT2D eigenvalue weighted by Crippen LogP contribution is 2.42. The summed E-state index contributed by atoms with van der Waals surface area (Å²) in [7, 11) is 0. The van der Waals surface area contributed by atoms with Gasteiger partial charge >= 0.3 is 0 Å². The van der Waals surface area contributed by atoms with E-state index >= 15 is 0 Å². The number of likely N-dealkylation sites (tertiary alicyclic amines) is 1. The predicted octanol–water partition coefficient (Wildman–Crippen LogP) is 4.23. The van der Waals surface area contributed by atoms with E-state index in [0.29, 0.717) is 12.1 Å². The smallest absolute Gasteiger partial charge is 0.295 e. The summed E-state index contributed by atoms with van der Waals surface area (Å²) in [5.74, 6) is -0.465. The van der Waals surface area contributed by atoms with Gasteiger partial charge in [0.1, 0.15) is 17.6 Å². The number of fused-ring (bicyclic) bond motifs is 1. The minimum Gasteiger partial charge on any atom is -0.507 e. The molecule has 6 nitrogen and oxygen atoms in total. The first-order chi connectivity index (χ1) is 15.4. The predicted molar refractivity (Wildman–Crippen MR) is 126 cm³/mol. The van der Waals surface area contributed by atoms with Gasteiger partial charge in [-0.25, -0.2) is 0 Å². The Morgan fingerprint density at radius 3 is 2.72 bits per heavy atom. The third kappa shape index (κ3) is 4.19. The molecule has 170 valence electrons. The fraction of sp³-hybridized carbons (Fsp3) is 0.440. The molecular weight excluding hydrogens is 424 g/mol. The van der Waals surface area contributed by atoms with Crippen molar-refractivity contribution < 1.29 is 19.4 Å². The summed E-state index contributed by atoms with van der Waals surface area (Å²) in [5, 5.41) is 13.1. The first-order valence-corrected chi connectivity index (χ1v) is 12.2. The van der Waals surface area contributed by atoms with E-state index in [1.165, 1.54) is 11.3 Å². The van der Waals surface area contributed by atoms with E-state index in [4.69, 9.17) is 4.74 Å². The van der Waals surface area contributed by atoms with Gasteiger partial charge in [0.15, 0.2) is 0 Å². The molecule has 0 bridgehead atoms. The Labute approximate surface area is 193 Å². The molecule has 7 heteroatoms. The van der Waals surface area contributed by atoms with Crippen LogP contribution < -0.4 is 4.74 Å². The molecule has 2 atom stereocenters. The quantitative estimate of drug-likeness (QED) is 0.367. The average Bonchev–Trinajstić information content (AvgIpc) is 3.49. The number of carbonyl (C=O) groups excluding carboxylic acids is 2. The van der Waals surface area contributed by atoms with Gasteiger partial charge in [-0.2, -0.15) is 0 Å². The lowest BCUT2D eigenvalue weighted by atomic mass is 9.98. The second-order valence-corrected chi connectivity index (χ2v) is 9.32. The monoisotopic (exact) mass is 454 g/mol. The lowest BCUT2D eigenvalue weighted by molar-refractivity contribution is -0.139. The molecule has 1 fully saturated rings. The first kappa shape index (κ1) is 22.6. The van der Waals surface area contributed by atoms with Crippen LogP contribution >= 0.6 is 11.3 Å². The zero-order chi connectivity index (χ0) is 22.8. The van der Waals surface area contributed by atoms with Gasteiger partial charge in [-0.1, -0.05) is 19.9 Å². The molecule has 0 aliphatic carbocycles. The molecule has 0 spiro atoms. The number of rotatable bonds is 8. The van der Waals surface area contributed by atoms with E-state index in [-0.39, 0.29) is 17.4 Å². The second-order valence-electron chi connectivity index (χ2n) is 8.34. The van der Waals surface area contributed by atoms with Gasteiger partial charge < -0.3 is 19.6 Å². The molecule has 0 radical (unpaired) electrons. The van der Waals surface area contributed by atoms with Crippen molar-refractivity contribution in [3.05, 3.63) is 57.3 Å². The highest BCUT2D eigenvalue weighted by Gasteiger charge is 2.46. The number of aliphatic hydroxyl groups is 1. The Bertz CT molecular complexity index is 1030. The van der Waals surface area contributed by atoms with Gasteiger partial charge in [-0.15, -0.1) is 11.3 Å². The van der Waals surface area contributed by atoms with Crippen LogP contribution in [0.5, 0.6) is 5.75 Å². The van der Waals surface area contributed by atoms with Crippen molar-refractivity contribution in [2.45, 2.75) is 45.8 Å². The van der Waals surface area contributed by atoms with Crippen LogP contribution in [0.1, 0.15) is 49.2 Å². The van der Waals surface area contributed by atoms with E-state index in [1.54, 1.807) is 11.0 Å². The fourth-order valence-corrected chi connectivity index (χ4v) is 5.43. The Morgan fingerprint density at radius 1 is 1.25 bits per heavy atom. The minimum atomic E-state index is -0.617. The summed E-state index contributed by atoms with van der Waals surface area (Å²) < 4.78 is 5.75. The molecule has 1 saturated heterocycles. The molecular formula is C25H30N2O4S. The molecule has 2 aliphatic rings. The van der Waals surface area contributed by atoms with Crippen molar-refractivity contribution in [1.82, 2.24) is 9.80 Å². The third-order valence-corrected chi connectivity index (χ3v) is 7.21. The average molecular weight is 455 g/mol. The number of aliphatic hydroxyl groups excluding tert-OH is 1. The normalized spacial score (nSPS) is 21.9. The number of thiophene rings is 1. The Balaban J connectivity index is 1.68. The molecule has 1 aromatic carbocycles. The number of carbonyl (C=O) groups is 2. The summed E-state index contributed by atoms with van der Waals surface area (Å²) in [6.45, 7) is 9.45. The molecule has 0 saturated carbocycles. The van der Waals surface area contributed by atoms with Crippen molar-refractivity contribution in [1.29, 1.82) is 0 Å². The zero-order valence-corrected chi connectivity index (χ0v) is 19.7. The Hall–Kier alpha value is -2.64. The molecule has 3 heterocycles. The summed E-state index contributed by atoms with van der Waals surface area (Å²) in [6, 6.07) is 8.72. The summed E-state index contributed by atoms with van der Waals surface area (Å²) in [6.07, 6.45) is 1.61. The van der Waals surface area contributed by atoms with Crippen LogP contribution in [-0.2, 0) is 16.0 Å². The van der Waals surface area contributed by atoms with Gasteiger partial charge in [0.25, 0.3) is 11.7 Å². The van der Waals surface area contributed by atoms with Crippen LogP contribution in [0.4, 0.5) is 0 Å².